The van der Waals surface area contributed by atoms with Crippen molar-refractivity contribution in [3.8, 4) is 5.75 Å². The van der Waals surface area contributed by atoms with Crippen molar-refractivity contribution in [2.75, 3.05) is 4.90 Å². The molecule has 1 heterocycles. The number of ether oxygens (including phenoxy) is 1. The summed E-state index contributed by atoms with van der Waals surface area (Å²) in [6.45, 7) is 0.212. The molecule has 4 rings (SSSR count). The van der Waals surface area contributed by atoms with E-state index in [2.05, 4.69) is 0 Å². The van der Waals surface area contributed by atoms with Gasteiger partial charge in [-0.3, -0.25) is 9.59 Å². The SMILES string of the molecule is O=C1c2ccccc2C(=O)N1c1ccccc1COc1cccc(Cl)c1. The van der Waals surface area contributed by atoms with Crippen LogP contribution in [-0.2, 0) is 6.61 Å². The van der Waals surface area contributed by atoms with Crippen LogP contribution < -0.4 is 9.64 Å². The molecule has 26 heavy (non-hydrogen) atoms. The molecule has 0 fully saturated rings. The Morgan fingerprint density at radius 3 is 2.15 bits per heavy atom. The maximum Gasteiger partial charge on any atom is 0.266 e. The summed E-state index contributed by atoms with van der Waals surface area (Å²) in [5.74, 6) is -0.0173. The van der Waals surface area contributed by atoms with Gasteiger partial charge < -0.3 is 4.74 Å². The molecule has 5 heteroatoms. The minimum Gasteiger partial charge on any atom is -0.489 e. The third-order valence-corrected chi connectivity index (χ3v) is 4.45. The Morgan fingerprint density at radius 2 is 1.46 bits per heavy atom. The minimum atomic E-state index is -0.319. The summed E-state index contributed by atoms with van der Waals surface area (Å²) in [5, 5.41) is 0.580. The van der Waals surface area contributed by atoms with E-state index in [1.807, 2.05) is 12.1 Å². The highest BCUT2D eigenvalue weighted by Crippen LogP contribution is 2.31. The standard InChI is InChI=1S/C21H14ClNO3/c22-15-7-5-8-16(12-15)26-13-14-6-1-4-11-19(14)23-20(24)17-9-2-3-10-18(17)21(23)25/h1-12H,13H2. The third-order valence-electron chi connectivity index (χ3n) is 4.22. The van der Waals surface area contributed by atoms with E-state index in [9.17, 15) is 9.59 Å². The van der Waals surface area contributed by atoms with E-state index in [1.165, 1.54) is 4.90 Å². The number of nitrogens with zero attached hydrogens (tertiary/aromatic N) is 1. The highest BCUT2D eigenvalue weighted by Gasteiger charge is 2.37. The van der Waals surface area contributed by atoms with E-state index >= 15 is 0 Å². The molecule has 0 saturated carbocycles. The zero-order valence-electron chi connectivity index (χ0n) is 13.7. The lowest BCUT2D eigenvalue weighted by Crippen LogP contribution is -2.30. The molecule has 0 saturated heterocycles. The molecule has 1 aliphatic heterocycles. The topological polar surface area (TPSA) is 46.6 Å². The van der Waals surface area contributed by atoms with Crippen molar-refractivity contribution in [2.24, 2.45) is 0 Å². The number of imide groups is 1. The summed E-state index contributed by atoms with van der Waals surface area (Å²) in [4.78, 5) is 26.7. The Kier molecular flexibility index (Phi) is 4.19. The second kappa shape index (κ2) is 6.65. The van der Waals surface area contributed by atoms with Gasteiger partial charge in [-0.1, -0.05) is 48.0 Å². The molecule has 3 aromatic carbocycles. The van der Waals surface area contributed by atoms with Crippen LogP contribution in [0.3, 0.4) is 0 Å². The molecule has 0 aromatic heterocycles. The molecular weight excluding hydrogens is 350 g/mol. The number of hydrogen-bond donors (Lipinski definition) is 0. The van der Waals surface area contributed by atoms with Gasteiger partial charge in [-0.2, -0.15) is 0 Å². The van der Waals surface area contributed by atoms with E-state index in [0.29, 0.717) is 27.6 Å². The molecule has 0 radical (unpaired) electrons. The van der Waals surface area contributed by atoms with Crippen molar-refractivity contribution in [1.29, 1.82) is 0 Å². The van der Waals surface area contributed by atoms with E-state index in [1.54, 1.807) is 60.7 Å². The Hall–Kier alpha value is -3.11. The Morgan fingerprint density at radius 1 is 0.808 bits per heavy atom. The first-order valence-electron chi connectivity index (χ1n) is 8.09. The quantitative estimate of drug-likeness (QED) is 0.630. The van der Waals surface area contributed by atoms with E-state index in [4.69, 9.17) is 16.3 Å². The van der Waals surface area contributed by atoms with Crippen molar-refractivity contribution in [3.05, 3.63) is 94.5 Å². The molecular formula is C21H14ClNO3. The number of rotatable bonds is 4. The summed E-state index contributed by atoms with van der Waals surface area (Å²) < 4.78 is 5.79. The monoisotopic (exact) mass is 363 g/mol. The first kappa shape index (κ1) is 16.4. The van der Waals surface area contributed by atoms with Gasteiger partial charge in [0.15, 0.2) is 0 Å². The summed E-state index contributed by atoms with van der Waals surface area (Å²) in [6, 6.07) is 21.1. The zero-order valence-corrected chi connectivity index (χ0v) is 14.4. The van der Waals surface area contributed by atoms with Crippen LogP contribution in [0.25, 0.3) is 0 Å². The smallest absolute Gasteiger partial charge is 0.266 e. The third kappa shape index (κ3) is 2.85. The number of carbonyl (C=O) groups is 2. The Balaban J connectivity index is 1.65. The van der Waals surface area contributed by atoms with E-state index < -0.39 is 0 Å². The number of anilines is 1. The second-order valence-electron chi connectivity index (χ2n) is 5.87. The predicted molar refractivity (Wildman–Crippen MR) is 99.8 cm³/mol. The molecule has 0 N–H and O–H groups in total. The van der Waals surface area contributed by atoms with Gasteiger partial charge in [0.05, 0.1) is 16.8 Å². The maximum absolute atomic E-state index is 12.7. The van der Waals surface area contributed by atoms with Crippen molar-refractivity contribution < 1.29 is 14.3 Å². The van der Waals surface area contributed by atoms with Gasteiger partial charge in [0.2, 0.25) is 0 Å². The molecule has 128 valence electrons. The van der Waals surface area contributed by atoms with Crippen LogP contribution in [0.5, 0.6) is 5.75 Å². The van der Waals surface area contributed by atoms with Crippen LogP contribution in [0.15, 0.2) is 72.8 Å². The van der Waals surface area contributed by atoms with Gasteiger partial charge in [-0.15, -0.1) is 0 Å². The molecule has 2 amide bonds. The molecule has 0 spiro atoms. The highest BCUT2D eigenvalue weighted by atomic mass is 35.5. The summed E-state index contributed by atoms with van der Waals surface area (Å²) >= 11 is 5.97. The number of hydrogen-bond acceptors (Lipinski definition) is 3. The number of halogens is 1. The molecule has 1 aliphatic rings. The number of carbonyl (C=O) groups excluding carboxylic acids is 2. The first-order chi connectivity index (χ1) is 12.6. The number of fused-ring (bicyclic) bond motifs is 1. The maximum atomic E-state index is 12.7. The van der Waals surface area contributed by atoms with Crippen LogP contribution in [0.2, 0.25) is 5.02 Å². The van der Waals surface area contributed by atoms with Crippen molar-refractivity contribution in [3.63, 3.8) is 0 Å². The lowest BCUT2D eigenvalue weighted by Gasteiger charge is -2.18. The van der Waals surface area contributed by atoms with Crippen LogP contribution >= 0.6 is 11.6 Å². The van der Waals surface area contributed by atoms with Crippen molar-refractivity contribution >= 4 is 29.1 Å². The van der Waals surface area contributed by atoms with E-state index in [0.717, 1.165) is 5.56 Å². The van der Waals surface area contributed by atoms with Crippen LogP contribution in [0.1, 0.15) is 26.3 Å². The lowest BCUT2D eigenvalue weighted by atomic mass is 10.1. The fourth-order valence-electron chi connectivity index (χ4n) is 2.98. The lowest BCUT2D eigenvalue weighted by molar-refractivity contribution is 0.0925. The largest absolute Gasteiger partial charge is 0.489 e. The molecule has 0 aliphatic carbocycles. The van der Waals surface area contributed by atoms with Gasteiger partial charge in [0.25, 0.3) is 11.8 Å². The molecule has 0 unspecified atom stereocenters. The van der Waals surface area contributed by atoms with Gasteiger partial charge in [0.1, 0.15) is 12.4 Å². The van der Waals surface area contributed by atoms with Crippen LogP contribution in [0.4, 0.5) is 5.69 Å². The zero-order chi connectivity index (χ0) is 18.1. The fourth-order valence-corrected chi connectivity index (χ4v) is 3.16. The normalized spacial score (nSPS) is 13.0. The van der Waals surface area contributed by atoms with Gasteiger partial charge >= 0.3 is 0 Å². The molecule has 0 atom stereocenters. The van der Waals surface area contributed by atoms with Crippen molar-refractivity contribution in [1.82, 2.24) is 0 Å². The molecule has 3 aromatic rings. The Bertz CT molecular complexity index is 980. The van der Waals surface area contributed by atoms with Crippen LogP contribution in [0, 0.1) is 0 Å². The van der Waals surface area contributed by atoms with Gasteiger partial charge in [-0.05, 0) is 36.4 Å². The predicted octanol–water partition coefficient (Wildman–Crippen LogP) is 4.72. The average Bonchev–Trinajstić information content (AvgIpc) is 2.91. The average molecular weight is 364 g/mol. The number of benzene rings is 3. The molecule has 0 bridgehead atoms. The summed E-state index contributed by atoms with van der Waals surface area (Å²) in [5.41, 5.74) is 2.11. The minimum absolute atomic E-state index is 0.212. The van der Waals surface area contributed by atoms with Crippen molar-refractivity contribution in [2.45, 2.75) is 6.61 Å². The summed E-state index contributed by atoms with van der Waals surface area (Å²) in [6.07, 6.45) is 0. The summed E-state index contributed by atoms with van der Waals surface area (Å²) in [7, 11) is 0. The van der Waals surface area contributed by atoms with Gasteiger partial charge in [-0.25, -0.2) is 4.90 Å². The highest BCUT2D eigenvalue weighted by molar-refractivity contribution is 6.34. The van der Waals surface area contributed by atoms with Gasteiger partial charge in [0, 0.05) is 10.6 Å². The number of amides is 2. The Labute approximate surface area is 155 Å². The number of para-hydroxylation sites is 1. The van der Waals surface area contributed by atoms with Crippen LogP contribution in [-0.4, -0.2) is 11.8 Å². The second-order valence-corrected chi connectivity index (χ2v) is 6.30. The fraction of sp³-hybridized carbons (Fsp3) is 0.0476. The van der Waals surface area contributed by atoms with E-state index in [-0.39, 0.29) is 18.4 Å². The molecule has 4 nitrogen and oxygen atoms in total. The first-order valence-corrected chi connectivity index (χ1v) is 8.47.